The van der Waals surface area contributed by atoms with Crippen molar-refractivity contribution < 1.29 is 140 Å². The topological polar surface area (TPSA) is 513 Å². The number of hydrogen-bond acceptors (Lipinski definition) is 24. The number of aliphatic hydroxyl groups is 8. The number of aromatic nitrogens is 1. The molecule has 3 aliphatic rings. The Morgan fingerprint density at radius 3 is 2.00 bits per heavy atom. The van der Waals surface area contributed by atoms with Gasteiger partial charge < -0.3 is 106 Å². The third kappa shape index (κ3) is 17.8. The van der Waals surface area contributed by atoms with Crippen molar-refractivity contribution in [3.8, 4) is 39.8 Å². The van der Waals surface area contributed by atoms with Crippen molar-refractivity contribution in [2.24, 2.45) is 11.7 Å². The van der Waals surface area contributed by atoms with Gasteiger partial charge in [-0.05, 0) is 67.4 Å². The van der Waals surface area contributed by atoms with Gasteiger partial charge in [-0.3, -0.25) is 38.4 Å². The molecule has 0 spiro atoms. The van der Waals surface area contributed by atoms with Crippen molar-refractivity contribution in [3.05, 3.63) is 83.9 Å². The number of ether oxygens (including phenoxy) is 1. The Bertz CT molecular complexity index is 3340. The molecule has 4 heterocycles. The molecule has 15 atom stereocenters. The molecule has 34 heteroatoms. The second kappa shape index (κ2) is 31.1. The van der Waals surface area contributed by atoms with E-state index in [-0.39, 0.29) is 40.7 Å². The van der Waals surface area contributed by atoms with Crippen LogP contribution in [0.15, 0.2) is 77.3 Å². The van der Waals surface area contributed by atoms with Crippen molar-refractivity contribution in [1.82, 2.24) is 41.5 Å². The van der Waals surface area contributed by atoms with E-state index in [2.05, 4.69) is 37.5 Å². The molecule has 4 aromatic rings. The summed E-state index contributed by atoms with van der Waals surface area (Å²) in [5.41, 5.74) is 6.49. The van der Waals surface area contributed by atoms with Crippen LogP contribution in [0.25, 0.3) is 22.6 Å². The first-order valence-electron chi connectivity index (χ1n) is 28.1. The van der Waals surface area contributed by atoms with Crippen molar-refractivity contribution in [2.75, 3.05) is 19.7 Å². The van der Waals surface area contributed by atoms with Crippen LogP contribution in [0.5, 0.6) is 17.2 Å². The predicted octanol–water partition coefficient (Wildman–Crippen LogP) is -7.76. The summed E-state index contributed by atoms with van der Waals surface area (Å²) in [6.45, 7) is 3.49. The van der Waals surface area contributed by atoms with Crippen LogP contribution in [-0.4, -0.2) is 226 Å². The average Bonchev–Trinajstić information content (AvgIpc) is 1.64. The molecule has 3 saturated heterocycles. The fraction of sp³-hybridized carbons (Fsp3) is 0.482. The number of fused-ring (bicyclic) bond motifs is 2. The van der Waals surface area contributed by atoms with E-state index in [4.69, 9.17) is 15.0 Å². The molecule has 3 aromatic carbocycles. The van der Waals surface area contributed by atoms with E-state index in [1.54, 1.807) is 30.3 Å². The molecule has 90 heavy (non-hydrogen) atoms. The second-order valence-electron chi connectivity index (χ2n) is 21.9. The number of hydrogen-bond donors (Lipinski definition) is 15. The standard InChI is InChI=1S/C56H71N9O23S.Na/c1-4-5-6-17-86-31-14-12-29(13-15-31)39-21-32(63-87-39)28-8-10-30(11-9-28)49(75)58-33-20-37(70)51(77)62-54(80)45-47(73)25(2)23-64(45)56(82)44(36(69)22-41(57)72)61-52(78)43(35(68)18-27-7-16-34(67)40(19-27)88-89(83,84)85)60-53(79)46-48(74)38(71)24-65(46)55(81)42(26(3)66)59-50(33)76;/h7-16,19,21,25-26,33,35-38,42-48,51,66-71,73-74,77H,4-6,17-18,20,22-24H2,1-3H3,(H2,57,72)(H,58,75)(H,59,76)(H,60,79)(H,61,78)(H,62,80)(H,83,84,85);/q;+1/p-1. The molecule has 32 nitrogen and oxygen atoms in total. The molecule has 0 saturated carbocycles. The number of phenols is 1. The monoisotopic (exact) mass is 1290 g/mol. The van der Waals surface area contributed by atoms with Crippen LogP contribution in [0.1, 0.15) is 68.8 Å². The Kier molecular flexibility index (Phi) is 24.8. The van der Waals surface area contributed by atoms with E-state index in [9.17, 15) is 97.3 Å². The molecule has 3 fully saturated rings. The van der Waals surface area contributed by atoms with Crippen LogP contribution >= 0.6 is 0 Å². The number of rotatable bonds is 18. The molecule has 1 aromatic heterocycles. The van der Waals surface area contributed by atoms with E-state index in [1.165, 1.54) is 31.2 Å². The molecule has 8 amide bonds. The zero-order valence-electron chi connectivity index (χ0n) is 49.0. The summed E-state index contributed by atoms with van der Waals surface area (Å²) in [4.78, 5) is 114. The van der Waals surface area contributed by atoms with Gasteiger partial charge in [0.2, 0.25) is 41.4 Å². The van der Waals surface area contributed by atoms with Crippen LogP contribution in [0.2, 0.25) is 0 Å². The normalized spacial score (nSPS) is 26.6. The number of nitrogens with one attached hydrogen (secondary N) is 5. The molecule has 0 bridgehead atoms. The number of amides is 8. The number of carbonyl (C=O) groups is 8. The summed E-state index contributed by atoms with van der Waals surface area (Å²) in [7, 11) is -5.53. The number of carbonyl (C=O) groups excluding carboxylic acids is 8. The molecule has 484 valence electrons. The third-order valence-corrected chi connectivity index (χ3v) is 15.5. The van der Waals surface area contributed by atoms with Crippen molar-refractivity contribution >= 4 is 57.7 Å². The largest absolute Gasteiger partial charge is 1.00 e. The molecule has 7 rings (SSSR count). The maximum atomic E-state index is 14.7. The van der Waals surface area contributed by atoms with E-state index in [0.29, 0.717) is 44.7 Å². The molecule has 16 N–H and O–H groups in total. The predicted molar refractivity (Wildman–Crippen MR) is 302 cm³/mol. The molecule has 0 radical (unpaired) electrons. The molecule has 3 aliphatic heterocycles. The van der Waals surface area contributed by atoms with Gasteiger partial charge in [0.05, 0.1) is 50.1 Å². The zero-order chi connectivity index (χ0) is 65.3. The van der Waals surface area contributed by atoms with Gasteiger partial charge in [-0.15, -0.1) is 0 Å². The molecular weight excluding hydrogens is 1220 g/mol. The van der Waals surface area contributed by atoms with Gasteiger partial charge in [0.25, 0.3) is 16.3 Å². The fourth-order valence-corrected chi connectivity index (χ4v) is 10.7. The Labute approximate surface area is 536 Å². The minimum absolute atomic E-state index is 0. The number of nitrogens with zero attached hydrogens (tertiary/aromatic N) is 3. The summed E-state index contributed by atoms with van der Waals surface area (Å²) >= 11 is 0. The summed E-state index contributed by atoms with van der Waals surface area (Å²) in [6, 6.07) is 3.54. The summed E-state index contributed by atoms with van der Waals surface area (Å²) in [5.74, 6) is -13.0. The Balaban J connectivity index is 0.0000129. The summed E-state index contributed by atoms with van der Waals surface area (Å²) in [6.07, 6.45) is -17.4. The first-order chi connectivity index (χ1) is 42.0. The van der Waals surface area contributed by atoms with Crippen LogP contribution in [0.4, 0.5) is 0 Å². The molecule has 0 aliphatic carbocycles. The van der Waals surface area contributed by atoms with Gasteiger partial charge in [0.1, 0.15) is 59.9 Å². The van der Waals surface area contributed by atoms with Gasteiger partial charge in [0, 0.05) is 48.1 Å². The van der Waals surface area contributed by atoms with E-state index in [1.807, 2.05) is 5.32 Å². The number of unbranched alkanes of at least 4 members (excludes halogenated alkanes) is 2. The Morgan fingerprint density at radius 1 is 0.767 bits per heavy atom. The van der Waals surface area contributed by atoms with Crippen molar-refractivity contribution in [3.63, 3.8) is 0 Å². The number of aromatic hydroxyl groups is 1. The molecule has 15 unspecified atom stereocenters. The Morgan fingerprint density at radius 2 is 1.37 bits per heavy atom. The van der Waals surface area contributed by atoms with Gasteiger partial charge in [-0.1, -0.05) is 50.0 Å². The smallest absolute Gasteiger partial charge is 0.716 e. The number of phenolic OH excluding ortho intramolecular Hbond substituents is 1. The maximum Gasteiger partial charge on any atom is 1.00 e. The molecular formula is C56H70N9NaO23S. The fourth-order valence-electron chi connectivity index (χ4n) is 10.3. The van der Waals surface area contributed by atoms with Crippen LogP contribution in [-0.2, 0) is 50.4 Å². The minimum atomic E-state index is -5.53. The van der Waals surface area contributed by atoms with Gasteiger partial charge >= 0.3 is 29.6 Å². The van der Waals surface area contributed by atoms with Crippen LogP contribution < -0.4 is 70.8 Å². The second-order valence-corrected chi connectivity index (χ2v) is 22.9. The number of aliphatic hydroxyl groups excluding tert-OH is 8. The number of nitrogens with two attached hydrogens (primary N) is 1. The number of primary amides is 1. The Hall–Kier alpha value is -7.38. The average molecular weight is 1290 g/mol. The first kappa shape index (κ1) is 71.7. The zero-order valence-corrected chi connectivity index (χ0v) is 51.8. The summed E-state index contributed by atoms with van der Waals surface area (Å²) in [5, 5.41) is 116. The quantitative estimate of drug-likeness (QED) is 0.0190. The van der Waals surface area contributed by atoms with Gasteiger partial charge in [0.15, 0.2) is 23.5 Å². The number of benzene rings is 3. The van der Waals surface area contributed by atoms with Crippen molar-refractivity contribution in [1.29, 1.82) is 0 Å². The van der Waals surface area contributed by atoms with E-state index < -0.39 is 193 Å². The SMILES string of the molecule is CCCCCOc1ccc(-c2cc(-c3ccc(C(=O)NC4CC(O)C(O)NC(=O)C5C(O)C(C)CN5C(=O)C(C(O)CC(N)=O)NC(=O)C(C(O)Cc5ccc(O)c(OS(=O)(=O)[O-])c5)NC(=O)C5C(O)C(O)CN5C(=O)C(C(C)O)NC4=O)cc3)no2)cc1.[Na+]. The first-order valence-corrected chi connectivity index (χ1v) is 29.4. The maximum absolute atomic E-state index is 14.7. The van der Waals surface area contributed by atoms with Crippen LogP contribution in [0.3, 0.4) is 0 Å². The van der Waals surface area contributed by atoms with Gasteiger partial charge in [-0.25, -0.2) is 8.42 Å². The summed E-state index contributed by atoms with van der Waals surface area (Å²) < 4.78 is 49.9. The van der Waals surface area contributed by atoms with Crippen molar-refractivity contribution in [2.45, 2.75) is 145 Å². The van der Waals surface area contributed by atoms with Crippen LogP contribution in [0, 0.1) is 5.92 Å². The third-order valence-electron chi connectivity index (χ3n) is 15.2. The van der Waals surface area contributed by atoms with E-state index in [0.717, 1.165) is 44.4 Å². The van der Waals surface area contributed by atoms with E-state index >= 15 is 0 Å². The minimum Gasteiger partial charge on any atom is -0.716 e. The van der Waals surface area contributed by atoms with Gasteiger partial charge in [-0.2, -0.15) is 0 Å².